The van der Waals surface area contributed by atoms with E-state index in [4.69, 9.17) is 0 Å². The highest BCUT2D eigenvalue weighted by molar-refractivity contribution is 5.23. The van der Waals surface area contributed by atoms with Crippen molar-refractivity contribution in [1.29, 1.82) is 0 Å². The smallest absolute Gasteiger partial charge is 0.202 e. The SMILES string of the molecule is CNc1nccn1CCN(C)C(C)C. The van der Waals surface area contributed by atoms with E-state index in [1.54, 1.807) is 0 Å². The van der Waals surface area contributed by atoms with Crippen molar-refractivity contribution in [2.75, 3.05) is 26.0 Å². The molecule has 1 aromatic heterocycles. The molecular weight excluding hydrogens is 176 g/mol. The van der Waals surface area contributed by atoms with Gasteiger partial charge in [-0.3, -0.25) is 0 Å². The lowest BCUT2D eigenvalue weighted by molar-refractivity contribution is 0.263. The molecule has 0 amide bonds. The molecule has 4 nitrogen and oxygen atoms in total. The summed E-state index contributed by atoms with van der Waals surface area (Å²) >= 11 is 0. The minimum absolute atomic E-state index is 0.594. The molecule has 0 spiro atoms. The lowest BCUT2D eigenvalue weighted by Gasteiger charge is -2.21. The Morgan fingerprint density at radius 2 is 2.29 bits per heavy atom. The predicted octanol–water partition coefficient (Wildman–Crippen LogP) is 1.26. The summed E-state index contributed by atoms with van der Waals surface area (Å²) in [5, 5.41) is 3.06. The van der Waals surface area contributed by atoms with Crippen LogP contribution in [0.25, 0.3) is 0 Å². The number of rotatable bonds is 5. The first-order valence-corrected chi connectivity index (χ1v) is 5.04. The molecule has 0 atom stereocenters. The van der Waals surface area contributed by atoms with E-state index >= 15 is 0 Å². The second-order valence-electron chi connectivity index (χ2n) is 3.77. The number of anilines is 1. The number of hydrogen-bond acceptors (Lipinski definition) is 3. The summed E-state index contributed by atoms with van der Waals surface area (Å²) in [7, 11) is 4.03. The van der Waals surface area contributed by atoms with Crippen molar-refractivity contribution in [3.05, 3.63) is 12.4 Å². The van der Waals surface area contributed by atoms with Gasteiger partial charge in [0.05, 0.1) is 0 Å². The molecule has 0 fully saturated rings. The molecular formula is C10H20N4. The Labute approximate surface area is 85.9 Å². The van der Waals surface area contributed by atoms with Crippen LogP contribution in [0.4, 0.5) is 5.95 Å². The van der Waals surface area contributed by atoms with E-state index in [-0.39, 0.29) is 0 Å². The van der Waals surface area contributed by atoms with E-state index in [1.165, 1.54) is 0 Å². The van der Waals surface area contributed by atoms with E-state index in [0.29, 0.717) is 6.04 Å². The van der Waals surface area contributed by atoms with Gasteiger partial charge in [0.2, 0.25) is 5.95 Å². The minimum atomic E-state index is 0.594. The average molecular weight is 196 g/mol. The zero-order valence-corrected chi connectivity index (χ0v) is 9.49. The Bertz CT molecular complexity index is 267. The van der Waals surface area contributed by atoms with Gasteiger partial charge in [-0.05, 0) is 20.9 Å². The largest absolute Gasteiger partial charge is 0.359 e. The van der Waals surface area contributed by atoms with Crippen molar-refractivity contribution < 1.29 is 0 Å². The molecule has 0 radical (unpaired) electrons. The topological polar surface area (TPSA) is 33.1 Å². The third kappa shape index (κ3) is 2.73. The third-order valence-corrected chi connectivity index (χ3v) is 2.51. The van der Waals surface area contributed by atoms with Crippen molar-refractivity contribution in [3.8, 4) is 0 Å². The van der Waals surface area contributed by atoms with Crippen molar-refractivity contribution in [1.82, 2.24) is 14.5 Å². The number of imidazole rings is 1. The molecule has 0 aliphatic rings. The fraction of sp³-hybridized carbons (Fsp3) is 0.700. The molecule has 0 saturated heterocycles. The summed E-state index contributed by atoms with van der Waals surface area (Å²) in [5.74, 6) is 0.933. The molecule has 0 bridgehead atoms. The van der Waals surface area contributed by atoms with Gasteiger partial charge < -0.3 is 14.8 Å². The Morgan fingerprint density at radius 3 is 2.86 bits per heavy atom. The normalized spacial score (nSPS) is 11.3. The van der Waals surface area contributed by atoms with Crippen LogP contribution >= 0.6 is 0 Å². The third-order valence-electron chi connectivity index (χ3n) is 2.51. The van der Waals surface area contributed by atoms with Crippen LogP contribution in [0.1, 0.15) is 13.8 Å². The second kappa shape index (κ2) is 5.00. The first-order valence-electron chi connectivity index (χ1n) is 5.04. The van der Waals surface area contributed by atoms with Crippen LogP contribution in [-0.4, -0.2) is 41.1 Å². The van der Waals surface area contributed by atoms with E-state index in [0.717, 1.165) is 19.0 Å². The van der Waals surface area contributed by atoms with Crippen LogP contribution in [0.3, 0.4) is 0 Å². The van der Waals surface area contributed by atoms with Gasteiger partial charge in [-0.25, -0.2) is 4.98 Å². The predicted molar refractivity (Wildman–Crippen MR) is 59.5 cm³/mol. The standard InChI is InChI=1S/C10H20N4/c1-9(2)13(4)7-8-14-6-5-12-10(14)11-3/h5-6,9H,7-8H2,1-4H3,(H,11,12). The maximum atomic E-state index is 4.19. The van der Waals surface area contributed by atoms with Gasteiger partial charge in [0, 0.05) is 38.6 Å². The van der Waals surface area contributed by atoms with Crippen LogP contribution in [0.5, 0.6) is 0 Å². The molecule has 1 aromatic rings. The molecule has 0 unspecified atom stereocenters. The molecule has 1 heterocycles. The van der Waals surface area contributed by atoms with Gasteiger partial charge in [-0.2, -0.15) is 0 Å². The quantitative estimate of drug-likeness (QED) is 0.769. The van der Waals surface area contributed by atoms with Gasteiger partial charge >= 0.3 is 0 Å². The Kier molecular flexibility index (Phi) is 3.95. The first kappa shape index (κ1) is 11.0. The van der Waals surface area contributed by atoms with E-state index in [2.05, 4.69) is 40.7 Å². The highest BCUT2D eigenvalue weighted by Crippen LogP contribution is 2.03. The van der Waals surface area contributed by atoms with Gasteiger partial charge in [0.25, 0.3) is 0 Å². The number of aromatic nitrogens is 2. The van der Waals surface area contributed by atoms with E-state index in [1.807, 2.05) is 19.4 Å². The Hall–Kier alpha value is -1.03. The van der Waals surface area contributed by atoms with Gasteiger partial charge in [-0.15, -0.1) is 0 Å². The lowest BCUT2D eigenvalue weighted by Crippen LogP contribution is -2.29. The molecule has 0 aliphatic carbocycles. The molecule has 0 aliphatic heterocycles. The number of nitrogens with zero attached hydrogens (tertiary/aromatic N) is 3. The summed E-state index contributed by atoms with van der Waals surface area (Å²) in [4.78, 5) is 6.51. The van der Waals surface area contributed by atoms with Crippen LogP contribution < -0.4 is 5.32 Å². The Morgan fingerprint density at radius 1 is 1.57 bits per heavy atom. The Balaban J connectivity index is 2.45. The van der Waals surface area contributed by atoms with Gasteiger partial charge in [0.1, 0.15) is 0 Å². The van der Waals surface area contributed by atoms with E-state index < -0.39 is 0 Å². The van der Waals surface area contributed by atoms with E-state index in [9.17, 15) is 0 Å². The summed E-state index contributed by atoms with van der Waals surface area (Å²) in [5.41, 5.74) is 0. The zero-order chi connectivity index (χ0) is 10.6. The number of nitrogens with one attached hydrogen (secondary N) is 1. The highest BCUT2D eigenvalue weighted by atomic mass is 15.2. The molecule has 4 heteroatoms. The molecule has 0 saturated carbocycles. The van der Waals surface area contributed by atoms with Crippen molar-refractivity contribution >= 4 is 5.95 Å². The molecule has 1 rings (SSSR count). The fourth-order valence-corrected chi connectivity index (χ4v) is 1.24. The minimum Gasteiger partial charge on any atom is -0.359 e. The van der Waals surface area contributed by atoms with Crippen molar-refractivity contribution in [2.45, 2.75) is 26.4 Å². The monoisotopic (exact) mass is 196 g/mol. The molecule has 14 heavy (non-hydrogen) atoms. The second-order valence-corrected chi connectivity index (χ2v) is 3.77. The number of hydrogen-bond donors (Lipinski definition) is 1. The first-order chi connectivity index (χ1) is 6.65. The van der Waals surface area contributed by atoms with Crippen LogP contribution in [0, 0.1) is 0 Å². The maximum Gasteiger partial charge on any atom is 0.202 e. The number of likely N-dealkylation sites (N-methyl/N-ethyl adjacent to an activating group) is 1. The van der Waals surface area contributed by atoms with Crippen molar-refractivity contribution in [3.63, 3.8) is 0 Å². The summed E-state index contributed by atoms with van der Waals surface area (Å²) in [6.45, 7) is 6.42. The summed E-state index contributed by atoms with van der Waals surface area (Å²) in [6.07, 6.45) is 3.82. The summed E-state index contributed by atoms with van der Waals surface area (Å²) in [6, 6.07) is 0.594. The summed E-state index contributed by atoms with van der Waals surface area (Å²) < 4.78 is 2.12. The lowest BCUT2D eigenvalue weighted by atomic mass is 10.3. The zero-order valence-electron chi connectivity index (χ0n) is 9.49. The van der Waals surface area contributed by atoms with Gasteiger partial charge in [-0.1, -0.05) is 0 Å². The highest BCUT2D eigenvalue weighted by Gasteiger charge is 2.04. The fourth-order valence-electron chi connectivity index (χ4n) is 1.24. The van der Waals surface area contributed by atoms with Crippen LogP contribution in [0.15, 0.2) is 12.4 Å². The molecule has 0 aromatic carbocycles. The maximum absolute atomic E-state index is 4.19. The molecule has 80 valence electrons. The molecule has 1 N–H and O–H groups in total. The van der Waals surface area contributed by atoms with Crippen LogP contribution in [0.2, 0.25) is 0 Å². The van der Waals surface area contributed by atoms with Crippen LogP contribution in [-0.2, 0) is 6.54 Å². The van der Waals surface area contributed by atoms with Crippen molar-refractivity contribution in [2.24, 2.45) is 0 Å². The average Bonchev–Trinajstić information content (AvgIpc) is 2.60. The van der Waals surface area contributed by atoms with Gasteiger partial charge in [0.15, 0.2) is 0 Å².